The zero-order valence-electron chi connectivity index (χ0n) is 16.4. The molecule has 0 aromatic heterocycles. The van der Waals surface area contributed by atoms with E-state index in [4.69, 9.17) is 0 Å². The first-order valence-electron chi connectivity index (χ1n) is 10.1. The summed E-state index contributed by atoms with van der Waals surface area (Å²) in [7, 11) is 2.01. The van der Waals surface area contributed by atoms with Gasteiger partial charge in [0.1, 0.15) is 0 Å². The number of piperidine rings is 1. The molecule has 5 nitrogen and oxygen atoms in total. The molecule has 2 saturated heterocycles. The van der Waals surface area contributed by atoms with E-state index in [0.29, 0.717) is 18.4 Å². The maximum atomic E-state index is 12.4. The van der Waals surface area contributed by atoms with Crippen LogP contribution in [-0.4, -0.2) is 74.6 Å². The Kier molecular flexibility index (Phi) is 6.92. The Hall–Kier alpha value is -1.59. The fraction of sp³-hybridized carbons (Fsp3) is 0.667. The summed E-state index contributed by atoms with van der Waals surface area (Å²) in [5.74, 6) is 0.345. The zero-order valence-corrected chi connectivity index (χ0v) is 16.4. The van der Waals surface area contributed by atoms with E-state index in [0.717, 1.165) is 65.1 Å². The van der Waals surface area contributed by atoms with Crippen LogP contribution in [-0.2, 0) is 4.79 Å². The maximum absolute atomic E-state index is 12.4. The molecule has 1 amide bonds. The molecule has 0 atom stereocenters. The highest BCUT2D eigenvalue weighted by Crippen LogP contribution is 2.17. The Labute approximate surface area is 158 Å². The molecule has 0 spiro atoms. The van der Waals surface area contributed by atoms with Crippen LogP contribution < -0.4 is 10.2 Å². The summed E-state index contributed by atoms with van der Waals surface area (Å²) in [4.78, 5) is 19.4. The second-order valence-electron chi connectivity index (χ2n) is 7.71. The van der Waals surface area contributed by atoms with Crippen molar-refractivity contribution < 1.29 is 4.79 Å². The molecule has 0 saturated carbocycles. The van der Waals surface area contributed by atoms with Crippen LogP contribution in [0, 0.1) is 6.92 Å². The molecule has 1 N–H and O–H groups in total. The zero-order chi connectivity index (χ0) is 18.4. The van der Waals surface area contributed by atoms with E-state index >= 15 is 0 Å². The molecule has 0 radical (unpaired) electrons. The molecule has 0 aliphatic carbocycles. The van der Waals surface area contributed by atoms with Crippen LogP contribution in [0.2, 0.25) is 0 Å². The van der Waals surface area contributed by atoms with Gasteiger partial charge in [0, 0.05) is 57.4 Å². The van der Waals surface area contributed by atoms with Crippen LogP contribution in [0.25, 0.3) is 0 Å². The smallest absolute Gasteiger partial charge is 0.222 e. The fourth-order valence-corrected chi connectivity index (χ4v) is 4.01. The Morgan fingerprint density at radius 1 is 1.04 bits per heavy atom. The lowest BCUT2D eigenvalue weighted by Gasteiger charge is -2.36. The third-order valence-electron chi connectivity index (χ3n) is 5.89. The third-order valence-corrected chi connectivity index (χ3v) is 5.89. The maximum Gasteiger partial charge on any atom is 0.222 e. The number of benzene rings is 1. The summed E-state index contributed by atoms with van der Waals surface area (Å²) in [6, 6.07) is 9.41. The predicted molar refractivity (Wildman–Crippen MR) is 108 cm³/mol. The molecule has 0 bridgehead atoms. The highest BCUT2D eigenvalue weighted by Gasteiger charge is 2.22. The first-order chi connectivity index (χ1) is 12.7. The minimum absolute atomic E-state index is 0.345. The van der Waals surface area contributed by atoms with E-state index in [1.807, 2.05) is 7.05 Å². The van der Waals surface area contributed by atoms with Crippen LogP contribution in [0.3, 0.4) is 0 Å². The largest absolute Gasteiger partial charge is 0.369 e. The van der Waals surface area contributed by atoms with Crippen LogP contribution in [0.4, 0.5) is 5.69 Å². The second-order valence-corrected chi connectivity index (χ2v) is 7.71. The molecule has 2 aliphatic rings. The summed E-state index contributed by atoms with van der Waals surface area (Å²) in [6.45, 7) is 9.35. The van der Waals surface area contributed by atoms with Crippen molar-refractivity contribution in [2.24, 2.45) is 0 Å². The number of piperazine rings is 1. The van der Waals surface area contributed by atoms with Gasteiger partial charge in [0.25, 0.3) is 0 Å². The van der Waals surface area contributed by atoms with Gasteiger partial charge in [0.05, 0.1) is 0 Å². The van der Waals surface area contributed by atoms with Gasteiger partial charge in [-0.1, -0.05) is 17.7 Å². The average molecular weight is 359 g/mol. The number of likely N-dealkylation sites (tertiary alicyclic amines) is 1. The first kappa shape index (κ1) is 19.2. The number of rotatable bonds is 6. The van der Waals surface area contributed by atoms with Gasteiger partial charge >= 0.3 is 0 Å². The molecule has 144 valence electrons. The average Bonchev–Trinajstić information content (AvgIpc) is 2.69. The summed E-state index contributed by atoms with van der Waals surface area (Å²) in [6.07, 6.45) is 3.85. The van der Waals surface area contributed by atoms with Gasteiger partial charge < -0.3 is 15.1 Å². The van der Waals surface area contributed by atoms with E-state index in [1.54, 1.807) is 0 Å². The highest BCUT2D eigenvalue weighted by molar-refractivity contribution is 5.76. The highest BCUT2D eigenvalue weighted by atomic mass is 16.2. The van der Waals surface area contributed by atoms with E-state index in [9.17, 15) is 4.79 Å². The second kappa shape index (κ2) is 9.38. The number of anilines is 1. The molecule has 1 aromatic rings. The number of carbonyl (C=O) groups is 1. The van der Waals surface area contributed by atoms with Crippen molar-refractivity contribution in [2.45, 2.75) is 38.6 Å². The Morgan fingerprint density at radius 2 is 1.69 bits per heavy atom. The van der Waals surface area contributed by atoms with Crippen molar-refractivity contribution in [1.29, 1.82) is 0 Å². The molecule has 1 aromatic carbocycles. The van der Waals surface area contributed by atoms with Gasteiger partial charge in [-0.2, -0.15) is 0 Å². The van der Waals surface area contributed by atoms with Crippen LogP contribution in [0.15, 0.2) is 24.3 Å². The summed E-state index contributed by atoms with van der Waals surface area (Å²) < 4.78 is 0. The number of aryl methyl sites for hydroxylation is 1. The molecular formula is C21H34N4O. The Morgan fingerprint density at radius 3 is 2.31 bits per heavy atom. The van der Waals surface area contributed by atoms with E-state index < -0.39 is 0 Å². The van der Waals surface area contributed by atoms with Gasteiger partial charge in [-0.3, -0.25) is 9.69 Å². The molecule has 2 aliphatic heterocycles. The topological polar surface area (TPSA) is 38.8 Å². The summed E-state index contributed by atoms with van der Waals surface area (Å²) >= 11 is 0. The van der Waals surface area contributed by atoms with Gasteiger partial charge in [0.15, 0.2) is 0 Å². The normalized spacial score (nSPS) is 19.8. The van der Waals surface area contributed by atoms with E-state index in [-0.39, 0.29) is 0 Å². The SMILES string of the molecule is CNC1CCN(C(=O)CCCN2CCN(c3ccc(C)cc3)CC2)CC1. The Balaban J connectivity index is 1.32. The van der Waals surface area contributed by atoms with Crippen molar-refractivity contribution in [3.8, 4) is 0 Å². The molecule has 3 rings (SSSR count). The minimum atomic E-state index is 0.345. The van der Waals surface area contributed by atoms with E-state index in [1.165, 1.54) is 11.3 Å². The summed E-state index contributed by atoms with van der Waals surface area (Å²) in [5, 5.41) is 3.32. The predicted octanol–water partition coefficient (Wildman–Crippen LogP) is 2.11. The van der Waals surface area contributed by atoms with Gasteiger partial charge in [-0.25, -0.2) is 0 Å². The van der Waals surface area contributed by atoms with Crippen molar-refractivity contribution in [3.05, 3.63) is 29.8 Å². The van der Waals surface area contributed by atoms with Crippen molar-refractivity contribution >= 4 is 11.6 Å². The molecule has 0 unspecified atom stereocenters. The number of nitrogens with one attached hydrogen (secondary N) is 1. The van der Waals surface area contributed by atoms with Gasteiger partial charge in [0.2, 0.25) is 5.91 Å². The lowest BCUT2D eigenvalue weighted by atomic mass is 10.0. The lowest BCUT2D eigenvalue weighted by molar-refractivity contribution is -0.132. The lowest BCUT2D eigenvalue weighted by Crippen LogP contribution is -2.47. The van der Waals surface area contributed by atoms with Crippen molar-refractivity contribution in [1.82, 2.24) is 15.1 Å². The fourth-order valence-electron chi connectivity index (χ4n) is 4.01. The quantitative estimate of drug-likeness (QED) is 0.845. The Bertz CT molecular complexity index is 558. The monoisotopic (exact) mass is 358 g/mol. The summed E-state index contributed by atoms with van der Waals surface area (Å²) in [5.41, 5.74) is 2.64. The third kappa shape index (κ3) is 5.21. The van der Waals surface area contributed by atoms with Crippen molar-refractivity contribution in [2.75, 3.05) is 57.8 Å². The standard InChI is InChI=1S/C21H34N4O/c1-18-5-7-20(8-6-18)24-16-14-23(15-17-24)11-3-4-21(26)25-12-9-19(22-2)10-13-25/h5-8,19,22H,3-4,9-17H2,1-2H3. The van der Waals surface area contributed by atoms with Gasteiger partial charge in [-0.05, 0) is 51.9 Å². The number of hydrogen-bond donors (Lipinski definition) is 1. The number of carbonyl (C=O) groups excluding carboxylic acids is 1. The number of nitrogens with zero attached hydrogens (tertiary/aromatic N) is 3. The molecule has 2 fully saturated rings. The number of hydrogen-bond acceptors (Lipinski definition) is 4. The van der Waals surface area contributed by atoms with Crippen LogP contribution in [0.1, 0.15) is 31.2 Å². The molecular weight excluding hydrogens is 324 g/mol. The van der Waals surface area contributed by atoms with Gasteiger partial charge in [-0.15, -0.1) is 0 Å². The molecule has 5 heteroatoms. The molecule has 2 heterocycles. The first-order valence-corrected chi connectivity index (χ1v) is 10.1. The number of amides is 1. The minimum Gasteiger partial charge on any atom is -0.369 e. The molecule has 26 heavy (non-hydrogen) atoms. The van der Waals surface area contributed by atoms with Crippen LogP contribution >= 0.6 is 0 Å². The van der Waals surface area contributed by atoms with Crippen molar-refractivity contribution in [3.63, 3.8) is 0 Å². The van der Waals surface area contributed by atoms with E-state index in [2.05, 4.69) is 51.2 Å². The van der Waals surface area contributed by atoms with Crippen LogP contribution in [0.5, 0.6) is 0 Å².